The maximum absolute atomic E-state index is 11.9. The van der Waals surface area contributed by atoms with Crippen molar-refractivity contribution in [1.82, 2.24) is 5.32 Å². The van der Waals surface area contributed by atoms with E-state index in [2.05, 4.69) is 5.32 Å². The summed E-state index contributed by atoms with van der Waals surface area (Å²) in [4.78, 5) is 11.9. The van der Waals surface area contributed by atoms with Crippen molar-refractivity contribution in [2.45, 2.75) is 19.3 Å². The van der Waals surface area contributed by atoms with Crippen LogP contribution >= 0.6 is 11.6 Å². The second-order valence-electron chi connectivity index (χ2n) is 5.25. The van der Waals surface area contributed by atoms with Crippen LogP contribution < -0.4 is 5.32 Å². The summed E-state index contributed by atoms with van der Waals surface area (Å²) in [6.45, 7) is 3.78. The smallest absolute Gasteiger partial charge is 0.251 e. The Labute approximate surface area is 130 Å². The monoisotopic (exact) mass is 311 g/mol. The first-order valence-electron chi connectivity index (χ1n) is 7.45. The molecule has 0 aromatic heterocycles. The van der Waals surface area contributed by atoms with E-state index < -0.39 is 0 Å². The van der Waals surface area contributed by atoms with Crippen LogP contribution in [0.3, 0.4) is 0 Å². The Balaban J connectivity index is 1.54. The first-order chi connectivity index (χ1) is 10.3. The summed E-state index contributed by atoms with van der Waals surface area (Å²) in [6.07, 6.45) is 2.99. The van der Waals surface area contributed by atoms with Gasteiger partial charge in [-0.1, -0.05) is 17.7 Å². The molecule has 0 saturated carbocycles. The Morgan fingerprint density at radius 2 is 2.19 bits per heavy atom. The molecule has 1 fully saturated rings. The highest BCUT2D eigenvalue weighted by molar-refractivity contribution is 6.30. The number of amides is 1. The molecule has 1 aromatic rings. The van der Waals surface area contributed by atoms with Gasteiger partial charge in [-0.2, -0.15) is 0 Å². The van der Waals surface area contributed by atoms with Crippen LogP contribution in [0, 0.1) is 5.92 Å². The molecular formula is C16H22ClNO3. The fourth-order valence-corrected chi connectivity index (χ4v) is 2.46. The minimum atomic E-state index is -0.0954. The van der Waals surface area contributed by atoms with Crippen LogP contribution in [0.25, 0.3) is 0 Å². The van der Waals surface area contributed by atoms with Crippen molar-refractivity contribution in [3.63, 3.8) is 0 Å². The summed E-state index contributed by atoms with van der Waals surface area (Å²) in [5.74, 6) is 0.529. The van der Waals surface area contributed by atoms with Gasteiger partial charge in [-0.15, -0.1) is 0 Å². The number of benzene rings is 1. The fourth-order valence-electron chi connectivity index (χ4n) is 2.27. The van der Waals surface area contributed by atoms with Crippen LogP contribution in [0.15, 0.2) is 24.3 Å². The SMILES string of the molecule is O=C(NCCCOCC1CCOCC1)c1cccc(Cl)c1. The lowest BCUT2D eigenvalue weighted by Gasteiger charge is -2.21. The van der Waals surface area contributed by atoms with E-state index in [9.17, 15) is 4.79 Å². The van der Waals surface area contributed by atoms with E-state index in [1.807, 2.05) is 0 Å². The molecule has 2 rings (SSSR count). The molecule has 1 aliphatic heterocycles. The molecule has 1 aromatic carbocycles. The highest BCUT2D eigenvalue weighted by Crippen LogP contribution is 2.14. The molecule has 1 heterocycles. The van der Waals surface area contributed by atoms with Gasteiger partial charge in [0.25, 0.3) is 5.91 Å². The van der Waals surface area contributed by atoms with E-state index in [4.69, 9.17) is 21.1 Å². The topological polar surface area (TPSA) is 47.6 Å². The fraction of sp³-hybridized carbons (Fsp3) is 0.562. The Morgan fingerprint density at radius 1 is 1.38 bits per heavy atom. The van der Waals surface area contributed by atoms with Gasteiger partial charge in [-0.05, 0) is 43.4 Å². The van der Waals surface area contributed by atoms with Gasteiger partial charge in [0, 0.05) is 43.6 Å². The number of hydrogen-bond donors (Lipinski definition) is 1. The third-order valence-corrected chi connectivity index (χ3v) is 3.77. The van der Waals surface area contributed by atoms with Crippen LogP contribution in [0.1, 0.15) is 29.6 Å². The summed E-state index contributed by atoms with van der Waals surface area (Å²) in [6, 6.07) is 6.94. The Kier molecular flexibility index (Phi) is 7.00. The Morgan fingerprint density at radius 3 is 2.95 bits per heavy atom. The van der Waals surface area contributed by atoms with Crippen molar-refractivity contribution in [2.24, 2.45) is 5.92 Å². The summed E-state index contributed by atoms with van der Waals surface area (Å²) in [5.41, 5.74) is 0.589. The van der Waals surface area contributed by atoms with E-state index in [0.29, 0.717) is 29.7 Å². The Hall–Kier alpha value is -1.10. The highest BCUT2D eigenvalue weighted by Gasteiger charge is 2.13. The van der Waals surface area contributed by atoms with E-state index in [-0.39, 0.29) is 5.91 Å². The van der Waals surface area contributed by atoms with Crippen molar-refractivity contribution in [3.8, 4) is 0 Å². The zero-order valence-corrected chi connectivity index (χ0v) is 12.9. The van der Waals surface area contributed by atoms with Gasteiger partial charge < -0.3 is 14.8 Å². The maximum Gasteiger partial charge on any atom is 0.251 e. The minimum absolute atomic E-state index is 0.0954. The predicted octanol–water partition coefficient (Wildman–Crippen LogP) is 2.90. The van der Waals surface area contributed by atoms with Crippen LogP contribution in [0.5, 0.6) is 0 Å². The average Bonchev–Trinajstić information content (AvgIpc) is 2.51. The number of rotatable bonds is 7. The number of halogens is 1. The van der Waals surface area contributed by atoms with Gasteiger partial charge in [0.15, 0.2) is 0 Å². The summed E-state index contributed by atoms with van der Waals surface area (Å²) in [7, 11) is 0. The molecule has 0 spiro atoms. The molecule has 4 nitrogen and oxygen atoms in total. The number of carbonyl (C=O) groups is 1. The van der Waals surface area contributed by atoms with Gasteiger partial charge in [0.1, 0.15) is 0 Å². The van der Waals surface area contributed by atoms with Crippen molar-refractivity contribution >= 4 is 17.5 Å². The number of ether oxygens (including phenoxy) is 2. The van der Waals surface area contributed by atoms with E-state index in [1.165, 1.54) is 0 Å². The van der Waals surface area contributed by atoms with Gasteiger partial charge in [0.05, 0.1) is 0 Å². The molecule has 0 bridgehead atoms. The largest absolute Gasteiger partial charge is 0.381 e. The van der Waals surface area contributed by atoms with Gasteiger partial charge in [0.2, 0.25) is 0 Å². The summed E-state index contributed by atoms with van der Waals surface area (Å²) in [5, 5.41) is 3.44. The summed E-state index contributed by atoms with van der Waals surface area (Å²) < 4.78 is 11.0. The van der Waals surface area contributed by atoms with Crippen LogP contribution in [-0.4, -0.2) is 38.9 Å². The van der Waals surface area contributed by atoms with Crippen LogP contribution in [-0.2, 0) is 9.47 Å². The van der Waals surface area contributed by atoms with E-state index in [1.54, 1.807) is 24.3 Å². The Bertz CT molecular complexity index is 447. The van der Waals surface area contributed by atoms with Gasteiger partial charge in [-0.3, -0.25) is 4.79 Å². The second kappa shape index (κ2) is 9.03. The number of carbonyl (C=O) groups excluding carboxylic acids is 1. The third-order valence-electron chi connectivity index (χ3n) is 3.53. The van der Waals surface area contributed by atoms with Crippen molar-refractivity contribution < 1.29 is 14.3 Å². The van der Waals surface area contributed by atoms with Crippen molar-refractivity contribution in [1.29, 1.82) is 0 Å². The molecule has 0 unspecified atom stereocenters. The van der Waals surface area contributed by atoms with Crippen LogP contribution in [0.2, 0.25) is 5.02 Å². The van der Waals surface area contributed by atoms with Crippen molar-refractivity contribution in [3.05, 3.63) is 34.9 Å². The van der Waals surface area contributed by atoms with Crippen molar-refractivity contribution in [2.75, 3.05) is 33.0 Å². The van der Waals surface area contributed by atoms with E-state index >= 15 is 0 Å². The lowest BCUT2D eigenvalue weighted by atomic mass is 10.0. The lowest BCUT2D eigenvalue weighted by molar-refractivity contribution is 0.0202. The van der Waals surface area contributed by atoms with Crippen LogP contribution in [0.4, 0.5) is 0 Å². The third kappa shape index (κ3) is 6.04. The zero-order valence-electron chi connectivity index (χ0n) is 12.1. The molecule has 1 amide bonds. The van der Waals surface area contributed by atoms with E-state index in [0.717, 1.165) is 39.1 Å². The maximum atomic E-state index is 11.9. The standard InChI is InChI=1S/C16H22ClNO3/c17-15-4-1-3-14(11-15)16(19)18-7-2-8-21-12-13-5-9-20-10-6-13/h1,3-4,11,13H,2,5-10,12H2,(H,18,19). The minimum Gasteiger partial charge on any atom is -0.381 e. The summed E-state index contributed by atoms with van der Waals surface area (Å²) >= 11 is 5.86. The first-order valence-corrected chi connectivity index (χ1v) is 7.83. The number of hydrogen-bond acceptors (Lipinski definition) is 3. The molecule has 1 aliphatic rings. The normalized spacial score (nSPS) is 15.9. The molecule has 1 N–H and O–H groups in total. The zero-order chi connectivity index (χ0) is 14.9. The lowest BCUT2D eigenvalue weighted by Crippen LogP contribution is -2.26. The highest BCUT2D eigenvalue weighted by atomic mass is 35.5. The first kappa shape index (κ1) is 16.3. The molecule has 0 atom stereocenters. The van der Waals surface area contributed by atoms with Gasteiger partial charge >= 0.3 is 0 Å². The molecule has 1 saturated heterocycles. The van der Waals surface area contributed by atoms with Gasteiger partial charge in [-0.25, -0.2) is 0 Å². The molecule has 0 aliphatic carbocycles. The molecule has 0 radical (unpaired) electrons. The quantitative estimate of drug-likeness (QED) is 0.788. The molecular weight excluding hydrogens is 290 g/mol. The molecule has 21 heavy (non-hydrogen) atoms. The second-order valence-corrected chi connectivity index (χ2v) is 5.69. The molecule has 5 heteroatoms. The number of nitrogens with one attached hydrogen (secondary N) is 1. The molecule has 116 valence electrons. The predicted molar refractivity (Wildman–Crippen MR) is 82.8 cm³/mol. The average molecular weight is 312 g/mol.